The van der Waals surface area contributed by atoms with E-state index in [9.17, 15) is 19.8 Å². The van der Waals surface area contributed by atoms with E-state index < -0.39 is 12.1 Å². The summed E-state index contributed by atoms with van der Waals surface area (Å²) in [6.07, 6.45) is -0.362. The van der Waals surface area contributed by atoms with Gasteiger partial charge in [-0.1, -0.05) is 6.07 Å². The summed E-state index contributed by atoms with van der Waals surface area (Å²) < 4.78 is 16.3. The van der Waals surface area contributed by atoms with Gasteiger partial charge in [0.15, 0.2) is 17.3 Å². The van der Waals surface area contributed by atoms with E-state index in [2.05, 4.69) is 0 Å². The maximum Gasteiger partial charge on any atom is 0.303 e. The van der Waals surface area contributed by atoms with Gasteiger partial charge in [-0.2, -0.15) is 0 Å². The highest BCUT2D eigenvalue weighted by Crippen LogP contribution is 2.43. The SMILES string of the molecule is COc1ccc(C2CC(=O)c3c(O)cc(OCCCC(=O)O)cc3O2)cc1O. The maximum atomic E-state index is 12.5. The van der Waals surface area contributed by atoms with E-state index in [4.69, 9.17) is 19.3 Å². The van der Waals surface area contributed by atoms with Crippen LogP contribution in [0, 0.1) is 0 Å². The summed E-state index contributed by atoms with van der Waals surface area (Å²) in [5, 5.41) is 28.8. The Labute approximate surface area is 160 Å². The molecule has 0 spiro atoms. The zero-order valence-corrected chi connectivity index (χ0v) is 15.2. The number of carbonyl (C=O) groups is 2. The number of ether oxygens (including phenoxy) is 3. The number of phenols is 2. The molecule has 0 fully saturated rings. The molecular formula is C20H20O8. The van der Waals surface area contributed by atoms with Crippen molar-refractivity contribution >= 4 is 11.8 Å². The molecule has 0 saturated carbocycles. The van der Waals surface area contributed by atoms with Crippen molar-refractivity contribution in [2.24, 2.45) is 0 Å². The molecule has 3 N–H and O–H groups in total. The third-order valence-corrected chi connectivity index (χ3v) is 4.35. The molecule has 3 rings (SSSR count). The summed E-state index contributed by atoms with van der Waals surface area (Å²) in [7, 11) is 1.44. The largest absolute Gasteiger partial charge is 0.507 e. The molecule has 1 unspecified atom stereocenters. The zero-order valence-electron chi connectivity index (χ0n) is 15.2. The number of carboxylic acids is 1. The zero-order chi connectivity index (χ0) is 20.3. The van der Waals surface area contributed by atoms with Crippen molar-refractivity contribution in [1.29, 1.82) is 0 Å². The molecule has 1 aliphatic heterocycles. The molecule has 1 aliphatic rings. The lowest BCUT2D eigenvalue weighted by Crippen LogP contribution is -2.20. The van der Waals surface area contributed by atoms with Gasteiger partial charge in [-0.05, 0) is 24.1 Å². The minimum absolute atomic E-state index is 0.00510. The molecule has 1 atom stereocenters. The van der Waals surface area contributed by atoms with Crippen molar-refractivity contribution in [2.75, 3.05) is 13.7 Å². The lowest BCUT2D eigenvalue weighted by molar-refractivity contribution is -0.137. The Morgan fingerprint density at radius 3 is 2.68 bits per heavy atom. The first-order valence-electron chi connectivity index (χ1n) is 8.67. The van der Waals surface area contributed by atoms with Gasteiger partial charge in [0.05, 0.1) is 20.1 Å². The lowest BCUT2D eigenvalue weighted by atomic mass is 9.95. The van der Waals surface area contributed by atoms with Gasteiger partial charge in [0, 0.05) is 18.6 Å². The topological polar surface area (TPSA) is 123 Å². The smallest absolute Gasteiger partial charge is 0.303 e. The van der Waals surface area contributed by atoms with Crippen LogP contribution in [0.1, 0.15) is 41.3 Å². The van der Waals surface area contributed by atoms with Gasteiger partial charge in [-0.25, -0.2) is 0 Å². The molecule has 8 heteroatoms. The van der Waals surface area contributed by atoms with Gasteiger partial charge in [0.2, 0.25) is 0 Å². The average Bonchev–Trinajstić information content (AvgIpc) is 2.64. The number of carboxylic acid groups (broad SMARTS) is 1. The van der Waals surface area contributed by atoms with Crippen molar-refractivity contribution in [1.82, 2.24) is 0 Å². The number of hydrogen-bond acceptors (Lipinski definition) is 7. The molecule has 148 valence electrons. The Morgan fingerprint density at radius 1 is 1.21 bits per heavy atom. The number of methoxy groups -OCH3 is 1. The van der Waals surface area contributed by atoms with E-state index in [0.29, 0.717) is 17.7 Å². The van der Waals surface area contributed by atoms with Gasteiger partial charge >= 0.3 is 5.97 Å². The quantitative estimate of drug-likeness (QED) is 0.619. The third kappa shape index (κ3) is 4.11. The molecule has 0 aliphatic carbocycles. The van der Waals surface area contributed by atoms with Gasteiger partial charge in [0.1, 0.15) is 28.9 Å². The minimum atomic E-state index is -0.920. The summed E-state index contributed by atoms with van der Waals surface area (Å²) in [5.74, 6) is -0.793. The van der Waals surface area contributed by atoms with Crippen LogP contribution in [0.4, 0.5) is 0 Å². The average molecular weight is 388 g/mol. The Morgan fingerprint density at radius 2 is 2.00 bits per heavy atom. The van der Waals surface area contributed by atoms with Crippen molar-refractivity contribution < 1.29 is 39.1 Å². The van der Waals surface area contributed by atoms with E-state index in [0.717, 1.165) is 0 Å². The fraction of sp³-hybridized carbons (Fsp3) is 0.300. The summed E-state index contributed by atoms with van der Waals surface area (Å²) in [4.78, 5) is 23.1. The fourth-order valence-corrected chi connectivity index (χ4v) is 3.00. The Balaban J connectivity index is 1.81. The normalized spacial score (nSPS) is 15.5. The predicted octanol–water partition coefficient (Wildman–Crippen LogP) is 3.06. The van der Waals surface area contributed by atoms with Crippen LogP contribution in [0.15, 0.2) is 30.3 Å². The van der Waals surface area contributed by atoms with Crippen molar-refractivity contribution in [3.63, 3.8) is 0 Å². The lowest BCUT2D eigenvalue weighted by Gasteiger charge is -2.26. The second-order valence-electron chi connectivity index (χ2n) is 6.33. The number of ketones is 1. The van der Waals surface area contributed by atoms with Gasteiger partial charge in [-0.3, -0.25) is 9.59 Å². The fourth-order valence-electron chi connectivity index (χ4n) is 3.00. The number of aromatic hydroxyl groups is 2. The van der Waals surface area contributed by atoms with E-state index in [1.807, 2.05) is 0 Å². The first-order chi connectivity index (χ1) is 13.4. The van der Waals surface area contributed by atoms with Crippen LogP contribution >= 0.6 is 0 Å². The second-order valence-corrected chi connectivity index (χ2v) is 6.33. The second kappa shape index (κ2) is 8.08. The van der Waals surface area contributed by atoms with E-state index in [-0.39, 0.29) is 53.8 Å². The molecule has 0 aromatic heterocycles. The summed E-state index contributed by atoms with van der Waals surface area (Å²) >= 11 is 0. The van der Waals surface area contributed by atoms with Crippen LogP contribution in [-0.2, 0) is 4.79 Å². The van der Waals surface area contributed by atoms with E-state index in [1.54, 1.807) is 12.1 Å². The van der Waals surface area contributed by atoms with Gasteiger partial charge in [-0.15, -0.1) is 0 Å². The molecule has 2 aromatic rings. The molecule has 8 nitrogen and oxygen atoms in total. The van der Waals surface area contributed by atoms with Gasteiger partial charge < -0.3 is 29.5 Å². The van der Waals surface area contributed by atoms with Crippen LogP contribution in [0.3, 0.4) is 0 Å². The minimum Gasteiger partial charge on any atom is -0.507 e. The van der Waals surface area contributed by atoms with Crippen molar-refractivity contribution in [3.05, 3.63) is 41.5 Å². The molecule has 1 heterocycles. The van der Waals surface area contributed by atoms with Crippen LogP contribution in [0.25, 0.3) is 0 Å². The number of aliphatic carboxylic acids is 1. The number of carbonyl (C=O) groups excluding carboxylic acids is 1. The summed E-state index contributed by atoms with van der Waals surface area (Å²) in [6, 6.07) is 7.53. The number of hydrogen-bond donors (Lipinski definition) is 3. The molecule has 2 aromatic carbocycles. The van der Waals surface area contributed by atoms with Crippen LogP contribution in [-0.4, -0.2) is 40.8 Å². The summed E-state index contributed by atoms with van der Waals surface area (Å²) in [5.41, 5.74) is 0.663. The number of fused-ring (bicyclic) bond motifs is 1. The van der Waals surface area contributed by atoms with E-state index in [1.165, 1.54) is 25.3 Å². The van der Waals surface area contributed by atoms with Crippen LogP contribution in [0.2, 0.25) is 0 Å². The Bertz CT molecular complexity index is 905. The molecule has 0 amide bonds. The van der Waals surface area contributed by atoms with Gasteiger partial charge in [0.25, 0.3) is 0 Å². The number of rotatable bonds is 7. The van der Waals surface area contributed by atoms with Crippen LogP contribution < -0.4 is 14.2 Å². The predicted molar refractivity (Wildman–Crippen MR) is 97.4 cm³/mol. The summed E-state index contributed by atoms with van der Waals surface area (Å²) in [6.45, 7) is 0.147. The monoisotopic (exact) mass is 388 g/mol. The highest BCUT2D eigenvalue weighted by atomic mass is 16.5. The molecule has 28 heavy (non-hydrogen) atoms. The standard InChI is InChI=1S/C20H20O8/c1-26-16-5-4-11(7-13(16)21)17-10-15(23)20-14(22)8-12(9-18(20)28-17)27-6-2-3-19(24)25/h4-5,7-9,17,21-22H,2-3,6,10H2,1H3,(H,24,25). The Hall–Kier alpha value is -3.42. The highest BCUT2D eigenvalue weighted by molar-refractivity contribution is 6.02. The first-order valence-corrected chi connectivity index (χ1v) is 8.67. The third-order valence-electron chi connectivity index (χ3n) is 4.35. The number of Topliss-reactive ketones (excluding diaryl/α,β-unsaturated/α-hetero) is 1. The highest BCUT2D eigenvalue weighted by Gasteiger charge is 2.31. The molecular weight excluding hydrogens is 368 g/mol. The van der Waals surface area contributed by atoms with Crippen LogP contribution in [0.5, 0.6) is 28.7 Å². The maximum absolute atomic E-state index is 12.5. The molecule has 0 bridgehead atoms. The molecule has 0 radical (unpaired) electrons. The molecule has 0 saturated heterocycles. The van der Waals surface area contributed by atoms with Crippen molar-refractivity contribution in [2.45, 2.75) is 25.4 Å². The van der Waals surface area contributed by atoms with E-state index >= 15 is 0 Å². The number of phenolic OH excluding ortho intramolecular Hbond substituents is 2. The first kappa shape index (κ1) is 19.3. The van der Waals surface area contributed by atoms with Crippen molar-refractivity contribution in [3.8, 4) is 28.7 Å². The Kier molecular flexibility index (Phi) is 5.58. The number of benzene rings is 2.